The van der Waals surface area contributed by atoms with Crippen molar-refractivity contribution in [2.75, 3.05) is 29.1 Å². The van der Waals surface area contributed by atoms with E-state index < -0.39 is 0 Å². The largest absolute Gasteiger partial charge is 0.473 e. The summed E-state index contributed by atoms with van der Waals surface area (Å²) in [5, 5.41) is 6.36. The van der Waals surface area contributed by atoms with Crippen LogP contribution in [0, 0.1) is 0 Å². The van der Waals surface area contributed by atoms with Crippen LogP contribution in [-0.4, -0.2) is 35.6 Å². The fourth-order valence-electron chi connectivity index (χ4n) is 2.45. The summed E-state index contributed by atoms with van der Waals surface area (Å²) in [7, 11) is 1.72. The summed E-state index contributed by atoms with van der Waals surface area (Å²) in [4.78, 5) is 22.7. The van der Waals surface area contributed by atoms with Crippen LogP contribution in [0.1, 0.15) is 20.3 Å². The molecule has 24 heavy (non-hydrogen) atoms. The molecule has 7 nitrogen and oxygen atoms in total. The van der Waals surface area contributed by atoms with Crippen molar-refractivity contribution in [1.29, 1.82) is 0 Å². The maximum absolute atomic E-state index is 12.1. The number of para-hydroxylation sites is 1. The molecule has 1 amide bonds. The Hall–Kier alpha value is -2.83. The molecule has 3 rings (SSSR count). The van der Waals surface area contributed by atoms with Crippen molar-refractivity contribution in [3.63, 3.8) is 0 Å². The molecule has 0 aliphatic carbocycles. The van der Waals surface area contributed by atoms with Crippen molar-refractivity contribution in [1.82, 2.24) is 9.97 Å². The molecule has 0 bridgehead atoms. The summed E-state index contributed by atoms with van der Waals surface area (Å²) in [6.45, 7) is 4.37. The number of nitrogens with one attached hydrogen (secondary N) is 2. The van der Waals surface area contributed by atoms with Crippen molar-refractivity contribution in [3.8, 4) is 5.88 Å². The molecule has 0 saturated carbocycles. The zero-order valence-corrected chi connectivity index (χ0v) is 14.0. The normalized spacial score (nSPS) is 14.0. The highest BCUT2D eigenvalue weighted by atomic mass is 16.5. The van der Waals surface area contributed by atoms with Gasteiger partial charge in [0.1, 0.15) is 5.69 Å². The molecule has 7 heteroatoms. The predicted octanol–water partition coefficient (Wildman–Crippen LogP) is 2.79. The summed E-state index contributed by atoms with van der Waals surface area (Å²) in [6.07, 6.45) is 0.329. The zero-order valence-electron chi connectivity index (χ0n) is 14.0. The average molecular weight is 327 g/mol. The number of hydrogen-bond donors (Lipinski definition) is 2. The van der Waals surface area contributed by atoms with Gasteiger partial charge in [-0.05, 0) is 26.0 Å². The number of carbonyl (C=O) groups excluding carboxylic acids is 1. The molecule has 1 aliphatic rings. The van der Waals surface area contributed by atoms with Gasteiger partial charge in [-0.25, -0.2) is 0 Å². The van der Waals surface area contributed by atoms with Gasteiger partial charge >= 0.3 is 0 Å². The number of carbonyl (C=O) groups is 1. The second kappa shape index (κ2) is 6.74. The number of benzene rings is 1. The van der Waals surface area contributed by atoms with E-state index in [1.165, 1.54) is 0 Å². The van der Waals surface area contributed by atoms with Crippen LogP contribution in [0.15, 0.2) is 30.3 Å². The van der Waals surface area contributed by atoms with Gasteiger partial charge in [-0.15, -0.1) is 0 Å². The second-order valence-electron chi connectivity index (χ2n) is 5.84. The Morgan fingerprint density at radius 3 is 2.71 bits per heavy atom. The van der Waals surface area contributed by atoms with Gasteiger partial charge in [0.25, 0.3) is 0 Å². The fraction of sp³-hybridized carbons (Fsp3) is 0.353. The summed E-state index contributed by atoms with van der Waals surface area (Å²) in [6, 6.07) is 9.67. The Bertz CT molecular complexity index is 733. The van der Waals surface area contributed by atoms with E-state index >= 15 is 0 Å². The van der Waals surface area contributed by atoms with Gasteiger partial charge in [0.05, 0.1) is 6.10 Å². The first kappa shape index (κ1) is 16.0. The molecular weight excluding hydrogens is 306 g/mol. The molecule has 2 heterocycles. The third-order valence-corrected chi connectivity index (χ3v) is 3.57. The van der Waals surface area contributed by atoms with Gasteiger partial charge in [0.2, 0.25) is 17.7 Å². The van der Waals surface area contributed by atoms with Crippen LogP contribution in [0.5, 0.6) is 5.88 Å². The summed E-state index contributed by atoms with van der Waals surface area (Å²) in [5.74, 6) is 1.40. The third-order valence-electron chi connectivity index (χ3n) is 3.57. The van der Waals surface area contributed by atoms with E-state index in [0.29, 0.717) is 36.3 Å². The standard InChI is InChI=1S/C17H21N5O2/c1-11(2)24-16-14-15(18-10-9-13(23)22(14)3)20-17(21-16)19-12-7-5-4-6-8-12/h4-8,11H,9-10H2,1-3H3,(H2,18,19,20,21). The van der Waals surface area contributed by atoms with E-state index in [2.05, 4.69) is 20.6 Å². The molecule has 0 atom stereocenters. The zero-order chi connectivity index (χ0) is 17.1. The first-order valence-corrected chi connectivity index (χ1v) is 7.96. The molecule has 126 valence electrons. The van der Waals surface area contributed by atoms with Gasteiger partial charge < -0.3 is 20.3 Å². The number of ether oxygens (including phenoxy) is 1. The maximum Gasteiger partial charge on any atom is 0.245 e. The molecule has 2 aromatic rings. The van der Waals surface area contributed by atoms with Crippen LogP contribution >= 0.6 is 0 Å². The Balaban J connectivity index is 2.03. The molecule has 0 spiro atoms. The lowest BCUT2D eigenvalue weighted by Gasteiger charge is -2.21. The molecule has 2 N–H and O–H groups in total. The molecule has 0 radical (unpaired) electrons. The summed E-state index contributed by atoms with van der Waals surface area (Å²) in [5.41, 5.74) is 1.45. The predicted molar refractivity (Wildman–Crippen MR) is 94.0 cm³/mol. The van der Waals surface area contributed by atoms with Crippen molar-refractivity contribution < 1.29 is 9.53 Å². The Morgan fingerprint density at radius 2 is 2.00 bits per heavy atom. The second-order valence-corrected chi connectivity index (χ2v) is 5.84. The number of hydrogen-bond acceptors (Lipinski definition) is 6. The number of amides is 1. The van der Waals surface area contributed by atoms with E-state index in [-0.39, 0.29) is 12.0 Å². The van der Waals surface area contributed by atoms with Crippen LogP contribution in [0.2, 0.25) is 0 Å². The fourth-order valence-corrected chi connectivity index (χ4v) is 2.45. The molecular formula is C17H21N5O2. The smallest absolute Gasteiger partial charge is 0.245 e. The minimum Gasteiger partial charge on any atom is -0.473 e. The molecule has 1 aromatic carbocycles. The highest BCUT2D eigenvalue weighted by molar-refractivity contribution is 5.98. The van der Waals surface area contributed by atoms with E-state index in [1.807, 2.05) is 44.2 Å². The van der Waals surface area contributed by atoms with Gasteiger partial charge in [-0.3, -0.25) is 4.79 Å². The number of rotatable bonds is 4. The highest BCUT2D eigenvalue weighted by Gasteiger charge is 2.26. The van der Waals surface area contributed by atoms with Crippen molar-refractivity contribution >= 4 is 29.0 Å². The minimum absolute atomic E-state index is 0.00206. The average Bonchev–Trinajstić information content (AvgIpc) is 2.67. The van der Waals surface area contributed by atoms with Gasteiger partial charge in [-0.2, -0.15) is 9.97 Å². The Labute approximate surface area is 141 Å². The van der Waals surface area contributed by atoms with Crippen molar-refractivity contribution in [2.24, 2.45) is 0 Å². The van der Waals surface area contributed by atoms with Crippen LogP contribution in [0.4, 0.5) is 23.1 Å². The lowest BCUT2D eigenvalue weighted by Crippen LogP contribution is -2.26. The van der Waals surface area contributed by atoms with Crippen molar-refractivity contribution in [2.45, 2.75) is 26.4 Å². The van der Waals surface area contributed by atoms with E-state index in [9.17, 15) is 4.79 Å². The topological polar surface area (TPSA) is 79.4 Å². The molecule has 0 saturated heterocycles. The minimum atomic E-state index is -0.0691. The maximum atomic E-state index is 12.1. The summed E-state index contributed by atoms with van der Waals surface area (Å²) < 4.78 is 5.84. The molecule has 0 unspecified atom stereocenters. The number of fused-ring (bicyclic) bond motifs is 1. The number of aromatic nitrogens is 2. The number of anilines is 4. The van der Waals surface area contributed by atoms with Gasteiger partial charge in [0.15, 0.2) is 5.82 Å². The quantitative estimate of drug-likeness (QED) is 0.899. The lowest BCUT2D eigenvalue weighted by molar-refractivity contribution is -0.118. The van der Waals surface area contributed by atoms with Crippen LogP contribution < -0.4 is 20.3 Å². The van der Waals surface area contributed by atoms with Crippen molar-refractivity contribution in [3.05, 3.63) is 30.3 Å². The first-order valence-electron chi connectivity index (χ1n) is 7.96. The molecule has 1 aromatic heterocycles. The van der Waals surface area contributed by atoms with Crippen LogP contribution in [0.25, 0.3) is 0 Å². The Kier molecular flexibility index (Phi) is 4.50. The molecule has 1 aliphatic heterocycles. The van der Waals surface area contributed by atoms with E-state index in [1.54, 1.807) is 11.9 Å². The SMILES string of the molecule is CC(C)Oc1nc(Nc2ccccc2)nc2c1N(C)C(=O)CCN2. The van der Waals surface area contributed by atoms with E-state index in [0.717, 1.165) is 5.69 Å². The van der Waals surface area contributed by atoms with E-state index in [4.69, 9.17) is 4.74 Å². The number of nitrogens with zero attached hydrogens (tertiary/aromatic N) is 3. The van der Waals surface area contributed by atoms with Crippen LogP contribution in [0.3, 0.4) is 0 Å². The monoisotopic (exact) mass is 327 g/mol. The van der Waals surface area contributed by atoms with Gasteiger partial charge in [-0.1, -0.05) is 18.2 Å². The third kappa shape index (κ3) is 3.40. The molecule has 0 fully saturated rings. The Morgan fingerprint density at radius 1 is 1.25 bits per heavy atom. The summed E-state index contributed by atoms with van der Waals surface area (Å²) >= 11 is 0. The highest BCUT2D eigenvalue weighted by Crippen LogP contribution is 2.36. The lowest BCUT2D eigenvalue weighted by atomic mass is 10.3. The van der Waals surface area contributed by atoms with Crippen LogP contribution in [-0.2, 0) is 4.79 Å². The first-order chi connectivity index (χ1) is 11.5. The van der Waals surface area contributed by atoms with Gasteiger partial charge in [0, 0.05) is 25.7 Å².